The van der Waals surface area contributed by atoms with Crippen LogP contribution in [0.3, 0.4) is 0 Å². The molecule has 0 spiro atoms. The van der Waals surface area contributed by atoms with Gasteiger partial charge in [-0.05, 0) is 48.9 Å². The van der Waals surface area contributed by atoms with Gasteiger partial charge in [0.25, 0.3) is 5.91 Å². The zero-order valence-electron chi connectivity index (χ0n) is 12.8. The molecule has 0 aliphatic rings. The summed E-state index contributed by atoms with van der Waals surface area (Å²) in [6.07, 6.45) is 0. The Kier molecular flexibility index (Phi) is 6.14. The van der Waals surface area contributed by atoms with Crippen molar-refractivity contribution in [1.82, 2.24) is 0 Å². The summed E-state index contributed by atoms with van der Waals surface area (Å²) in [4.78, 5) is 23.2. The van der Waals surface area contributed by atoms with E-state index >= 15 is 0 Å². The first kappa shape index (κ1) is 17.7. The molecule has 126 valence electrons. The fraction of sp³-hybridized carbons (Fsp3) is 0.176. The fourth-order valence-electron chi connectivity index (χ4n) is 1.73. The summed E-state index contributed by atoms with van der Waals surface area (Å²) < 4.78 is 23.3. The van der Waals surface area contributed by atoms with E-state index in [1.807, 2.05) is 0 Å². The smallest absolute Gasteiger partial charge is 0.344 e. The van der Waals surface area contributed by atoms with E-state index in [4.69, 9.17) is 21.1 Å². The Bertz CT molecular complexity index is 734. The molecular formula is C17H15ClFNO4. The molecule has 0 fully saturated rings. The van der Waals surface area contributed by atoms with Crippen molar-refractivity contribution in [2.75, 3.05) is 18.5 Å². The van der Waals surface area contributed by atoms with Gasteiger partial charge in [-0.25, -0.2) is 9.18 Å². The van der Waals surface area contributed by atoms with Crippen LogP contribution in [0.1, 0.15) is 5.56 Å². The lowest BCUT2D eigenvalue weighted by Crippen LogP contribution is -2.23. The largest absolute Gasteiger partial charge is 0.482 e. The summed E-state index contributed by atoms with van der Waals surface area (Å²) in [5.41, 5.74) is 0.760. The lowest BCUT2D eigenvalue weighted by molar-refractivity contribution is -0.149. The van der Waals surface area contributed by atoms with Crippen LogP contribution in [0, 0.1) is 12.7 Å². The summed E-state index contributed by atoms with van der Waals surface area (Å²) in [7, 11) is 0. The minimum absolute atomic E-state index is 0.288. The van der Waals surface area contributed by atoms with Crippen molar-refractivity contribution in [3.05, 3.63) is 58.9 Å². The number of hydrogen-bond acceptors (Lipinski definition) is 4. The minimum Gasteiger partial charge on any atom is -0.482 e. The van der Waals surface area contributed by atoms with Crippen molar-refractivity contribution < 1.29 is 23.5 Å². The molecular weight excluding hydrogens is 337 g/mol. The zero-order valence-corrected chi connectivity index (χ0v) is 13.6. The number of benzene rings is 2. The molecule has 0 radical (unpaired) electrons. The van der Waals surface area contributed by atoms with Crippen LogP contribution in [0.15, 0.2) is 42.5 Å². The maximum atomic E-state index is 13.4. The topological polar surface area (TPSA) is 64.6 Å². The first-order valence-electron chi connectivity index (χ1n) is 7.04. The maximum absolute atomic E-state index is 13.4. The molecule has 1 N–H and O–H groups in total. The lowest BCUT2D eigenvalue weighted by Gasteiger charge is -2.08. The molecule has 7 heteroatoms. The van der Waals surface area contributed by atoms with Crippen molar-refractivity contribution in [3.63, 3.8) is 0 Å². The second-order valence-corrected chi connectivity index (χ2v) is 5.35. The molecule has 2 rings (SSSR count). The van der Waals surface area contributed by atoms with Gasteiger partial charge in [-0.15, -0.1) is 0 Å². The van der Waals surface area contributed by atoms with Crippen LogP contribution < -0.4 is 10.1 Å². The van der Waals surface area contributed by atoms with Crippen LogP contribution in [0.5, 0.6) is 5.75 Å². The summed E-state index contributed by atoms with van der Waals surface area (Å²) in [5, 5.41) is 2.98. The number of anilines is 1. The highest BCUT2D eigenvalue weighted by atomic mass is 35.5. The van der Waals surface area contributed by atoms with Gasteiger partial charge < -0.3 is 14.8 Å². The van der Waals surface area contributed by atoms with Gasteiger partial charge in [0.15, 0.2) is 13.2 Å². The molecule has 0 heterocycles. The third-order valence-electron chi connectivity index (χ3n) is 2.99. The second-order valence-electron chi connectivity index (χ2n) is 4.92. The molecule has 0 aliphatic carbocycles. The Balaban J connectivity index is 1.73. The molecule has 2 aromatic rings. The van der Waals surface area contributed by atoms with Gasteiger partial charge in [0.1, 0.15) is 11.6 Å². The van der Waals surface area contributed by atoms with E-state index in [0.717, 1.165) is 0 Å². The SMILES string of the molecule is Cc1ccc(NC(=O)COC(=O)COc2ccc(Cl)cc2)cc1F. The fourth-order valence-corrected chi connectivity index (χ4v) is 1.85. The number of rotatable bonds is 6. The van der Waals surface area contributed by atoms with Crippen molar-refractivity contribution in [1.29, 1.82) is 0 Å². The average Bonchev–Trinajstić information content (AvgIpc) is 2.56. The van der Waals surface area contributed by atoms with Crippen LogP contribution in [0.25, 0.3) is 0 Å². The Morgan fingerprint density at radius 2 is 1.83 bits per heavy atom. The Morgan fingerprint density at radius 3 is 2.50 bits per heavy atom. The van der Waals surface area contributed by atoms with E-state index in [-0.39, 0.29) is 12.3 Å². The number of ether oxygens (including phenoxy) is 2. The van der Waals surface area contributed by atoms with E-state index in [1.165, 1.54) is 12.1 Å². The van der Waals surface area contributed by atoms with Crippen LogP contribution >= 0.6 is 11.6 Å². The quantitative estimate of drug-likeness (QED) is 0.811. The van der Waals surface area contributed by atoms with Gasteiger partial charge in [0, 0.05) is 10.7 Å². The number of amides is 1. The monoisotopic (exact) mass is 351 g/mol. The molecule has 0 aliphatic heterocycles. The highest BCUT2D eigenvalue weighted by Gasteiger charge is 2.09. The number of halogens is 2. The van der Waals surface area contributed by atoms with Crippen LogP contribution in [0.2, 0.25) is 5.02 Å². The maximum Gasteiger partial charge on any atom is 0.344 e. The Labute approximate surface area is 143 Å². The molecule has 24 heavy (non-hydrogen) atoms. The zero-order chi connectivity index (χ0) is 17.5. The number of aryl methyl sites for hydroxylation is 1. The van der Waals surface area contributed by atoms with Gasteiger partial charge in [-0.2, -0.15) is 0 Å². The van der Waals surface area contributed by atoms with E-state index in [1.54, 1.807) is 37.3 Å². The van der Waals surface area contributed by atoms with Gasteiger partial charge >= 0.3 is 5.97 Å². The standard InChI is InChI=1S/C17H15ClFNO4/c1-11-2-5-13(8-15(11)19)20-16(21)9-24-17(22)10-23-14-6-3-12(18)4-7-14/h2-8H,9-10H2,1H3,(H,20,21). The first-order valence-corrected chi connectivity index (χ1v) is 7.42. The molecule has 0 saturated carbocycles. The number of carbonyl (C=O) groups excluding carboxylic acids is 2. The first-order chi connectivity index (χ1) is 11.4. The van der Waals surface area contributed by atoms with Crippen molar-refractivity contribution >= 4 is 29.2 Å². The van der Waals surface area contributed by atoms with E-state index in [0.29, 0.717) is 16.3 Å². The predicted molar refractivity (Wildman–Crippen MR) is 87.7 cm³/mol. The number of nitrogens with one attached hydrogen (secondary N) is 1. The van der Waals surface area contributed by atoms with Gasteiger partial charge in [0.2, 0.25) is 0 Å². The van der Waals surface area contributed by atoms with E-state index < -0.39 is 24.3 Å². The third-order valence-corrected chi connectivity index (χ3v) is 3.24. The average molecular weight is 352 g/mol. The van der Waals surface area contributed by atoms with Gasteiger partial charge in [-0.1, -0.05) is 17.7 Å². The normalized spacial score (nSPS) is 10.1. The summed E-state index contributed by atoms with van der Waals surface area (Å²) in [6, 6.07) is 10.7. The van der Waals surface area contributed by atoms with E-state index in [2.05, 4.69) is 5.32 Å². The number of hydrogen-bond donors (Lipinski definition) is 1. The van der Waals surface area contributed by atoms with Gasteiger partial charge in [0.05, 0.1) is 0 Å². The van der Waals surface area contributed by atoms with E-state index in [9.17, 15) is 14.0 Å². The lowest BCUT2D eigenvalue weighted by atomic mass is 10.2. The highest BCUT2D eigenvalue weighted by molar-refractivity contribution is 6.30. The molecule has 0 atom stereocenters. The Hall–Kier alpha value is -2.60. The van der Waals surface area contributed by atoms with Crippen LogP contribution in [0.4, 0.5) is 10.1 Å². The van der Waals surface area contributed by atoms with Crippen molar-refractivity contribution in [3.8, 4) is 5.75 Å². The minimum atomic E-state index is -0.699. The molecule has 0 aromatic heterocycles. The Morgan fingerprint density at radius 1 is 1.12 bits per heavy atom. The number of carbonyl (C=O) groups is 2. The molecule has 5 nitrogen and oxygen atoms in total. The second kappa shape index (κ2) is 8.31. The number of esters is 1. The third kappa shape index (κ3) is 5.55. The summed E-state index contributed by atoms with van der Waals surface area (Å²) in [6.45, 7) is 0.787. The predicted octanol–water partition coefficient (Wildman–Crippen LogP) is 3.35. The molecule has 0 bridgehead atoms. The summed E-state index contributed by atoms with van der Waals surface area (Å²) in [5.74, 6) is -1.25. The van der Waals surface area contributed by atoms with Crippen molar-refractivity contribution in [2.24, 2.45) is 0 Å². The highest BCUT2D eigenvalue weighted by Crippen LogP contribution is 2.15. The van der Waals surface area contributed by atoms with Crippen LogP contribution in [-0.4, -0.2) is 25.1 Å². The molecule has 0 saturated heterocycles. The summed E-state index contributed by atoms with van der Waals surface area (Å²) >= 11 is 5.73. The van der Waals surface area contributed by atoms with Crippen molar-refractivity contribution in [2.45, 2.75) is 6.92 Å². The van der Waals surface area contributed by atoms with Crippen LogP contribution in [-0.2, 0) is 14.3 Å². The van der Waals surface area contributed by atoms with Gasteiger partial charge in [-0.3, -0.25) is 4.79 Å². The molecule has 0 unspecified atom stereocenters. The molecule has 2 aromatic carbocycles. The molecule has 1 amide bonds.